The SMILES string of the molecule is COC(=O)COc1ccc(/C=N/NC(=O)CN(Cc2ccccc2)S(=O)(=O)c2ccccc2)cc1. The molecular weight excluding hydrogens is 470 g/mol. The number of esters is 1. The van der Waals surface area contributed by atoms with Gasteiger partial charge in [0.15, 0.2) is 6.61 Å². The van der Waals surface area contributed by atoms with E-state index < -0.39 is 28.4 Å². The zero-order chi connectivity index (χ0) is 25.1. The second kappa shape index (κ2) is 12.4. The van der Waals surface area contributed by atoms with E-state index in [4.69, 9.17) is 4.74 Å². The molecule has 0 saturated carbocycles. The number of hydrazone groups is 1. The predicted octanol–water partition coefficient (Wildman–Crippen LogP) is 2.58. The molecule has 3 aromatic rings. The number of benzene rings is 3. The number of sulfonamides is 1. The number of rotatable bonds is 11. The molecule has 0 aromatic heterocycles. The van der Waals surface area contributed by atoms with E-state index in [0.29, 0.717) is 11.3 Å². The molecule has 3 aromatic carbocycles. The van der Waals surface area contributed by atoms with Gasteiger partial charge < -0.3 is 9.47 Å². The van der Waals surface area contributed by atoms with E-state index in [1.165, 1.54) is 25.5 Å². The first-order valence-electron chi connectivity index (χ1n) is 10.6. The largest absolute Gasteiger partial charge is 0.482 e. The van der Waals surface area contributed by atoms with Gasteiger partial charge in [-0.2, -0.15) is 9.41 Å². The minimum atomic E-state index is -3.92. The summed E-state index contributed by atoms with van der Waals surface area (Å²) in [5.41, 5.74) is 3.77. The van der Waals surface area contributed by atoms with Crippen LogP contribution in [0.5, 0.6) is 5.75 Å². The maximum absolute atomic E-state index is 13.2. The highest BCUT2D eigenvalue weighted by Crippen LogP contribution is 2.18. The lowest BCUT2D eigenvalue weighted by molar-refractivity contribution is -0.142. The van der Waals surface area contributed by atoms with Crippen LogP contribution < -0.4 is 10.2 Å². The van der Waals surface area contributed by atoms with Crippen LogP contribution in [0, 0.1) is 0 Å². The molecule has 10 heteroatoms. The molecule has 0 heterocycles. The summed E-state index contributed by atoms with van der Waals surface area (Å²) in [6, 6.07) is 23.6. The summed E-state index contributed by atoms with van der Waals surface area (Å²) in [5, 5.41) is 3.91. The molecule has 0 bridgehead atoms. The van der Waals surface area contributed by atoms with Crippen molar-refractivity contribution >= 4 is 28.1 Å². The maximum atomic E-state index is 13.2. The van der Waals surface area contributed by atoms with Gasteiger partial charge in [0.25, 0.3) is 5.91 Å². The third-order valence-corrected chi connectivity index (χ3v) is 6.58. The number of methoxy groups -OCH3 is 1. The van der Waals surface area contributed by atoms with E-state index >= 15 is 0 Å². The summed E-state index contributed by atoms with van der Waals surface area (Å²) in [6.45, 7) is -0.586. The highest BCUT2D eigenvalue weighted by atomic mass is 32.2. The topological polar surface area (TPSA) is 114 Å². The van der Waals surface area contributed by atoms with Crippen LogP contribution in [0.25, 0.3) is 0 Å². The van der Waals surface area contributed by atoms with E-state index in [1.54, 1.807) is 66.7 Å². The highest BCUT2D eigenvalue weighted by Gasteiger charge is 2.26. The second-order valence-corrected chi connectivity index (χ2v) is 9.24. The molecule has 0 aliphatic rings. The van der Waals surface area contributed by atoms with E-state index in [-0.39, 0.29) is 18.0 Å². The van der Waals surface area contributed by atoms with Crippen molar-refractivity contribution < 1.29 is 27.5 Å². The molecule has 0 spiro atoms. The lowest BCUT2D eigenvalue weighted by Gasteiger charge is -2.21. The minimum absolute atomic E-state index is 0.0300. The monoisotopic (exact) mass is 495 g/mol. The molecule has 0 saturated heterocycles. The summed E-state index contributed by atoms with van der Waals surface area (Å²) in [6.07, 6.45) is 1.41. The number of hydrogen-bond acceptors (Lipinski definition) is 7. The van der Waals surface area contributed by atoms with Crippen LogP contribution in [0.2, 0.25) is 0 Å². The third kappa shape index (κ3) is 7.76. The molecule has 0 radical (unpaired) electrons. The van der Waals surface area contributed by atoms with Crippen LogP contribution in [0.4, 0.5) is 0 Å². The second-order valence-electron chi connectivity index (χ2n) is 7.30. The average Bonchev–Trinajstić information content (AvgIpc) is 2.88. The Morgan fingerprint density at radius 1 is 0.943 bits per heavy atom. The van der Waals surface area contributed by atoms with Gasteiger partial charge in [-0.25, -0.2) is 18.6 Å². The zero-order valence-electron chi connectivity index (χ0n) is 19.0. The zero-order valence-corrected chi connectivity index (χ0v) is 19.9. The molecule has 0 atom stereocenters. The Balaban J connectivity index is 1.64. The fourth-order valence-electron chi connectivity index (χ4n) is 2.98. The fraction of sp³-hybridized carbons (Fsp3) is 0.160. The van der Waals surface area contributed by atoms with E-state index in [2.05, 4.69) is 15.3 Å². The van der Waals surface area contributed by atoms with Crippen LogP contribution >= 0.6 is 0 Å². The van der Waals surface area contributed by atoms with Gasteiger partial charge in [0, 0.05) is 6.54 Å². The smallest absolute Gasteiger partial charge is 0.343 e. The van der Waals surface area contributed by atoms with E-state index in [0.717, 1.165) is 9.87 Å². The van der Waals surface area contributed by atoms with Gasteiger partial charge >= 0.3 is 5.97 Å². The van der Waals surface area contributed by atoms with Gasteiger partial charge in [-0.3, -0.25) is 4.79 Å². The van der Waals surface area contributed by atoms with Crippen molar-refractivity contribution in [1.29, 1.82) is 0 Å². The maximum Gasteiger partial charge on any atom is 0.343 e. The van der Waals surface area contributed by atoms with Crippen LogP contribution in [0.15, 0.2) is 94.9 Å². The molecule has 1 N–H and O–H groups in total. The third-order valence-electron chi connectivity index (χ3n) is 4.77. The Morgan fingerprint density at radius 3 is 2.20 bits per heavy atom. The number of carbonyl (C=O) groups is 2. The Labute approximate surface area is 204 Å². The quantitative estimate of drug-likeness (QED) is 0.248. The molecule has 3 rings (SSSR count). The van der Waals surface area contributed by atoms with Gasteiger partial charge in [-0.05, 0) is 47.5 Å². The molecule has 9 nitrogen and oxygen atoms in total. The Morgan fingerprint density at radius 2 is 1.57 bits per heavy atom. The molecule has 0 fully saturated rings. The molecule has 0 unspecified atom stereocenters. The van der Waals surface area contributed by atoms with Crippen molar-refractivity contribution in [2.24, 2.45) is 5.10 Å². The first kappa shape index (κ1) is 25.6. The number of carbonyl (C=O) groups excluding carboxylic acids is 2. The Bertz CT molecular complexity index is 1250. The van der Waals surface area contributed by atoms with Crippen LogP contribution in [0.3, 0.4) is 0 Å². The van der Waals surface area contributed by atoms with Crippen LogP contribution in [-0.2, 0) is 30.9 Å². The Kier molecular flexibility index (Phi) is 9.10. The van der Waals surface area contributed by atoms with Gasteiger partial charge in [0.2, 0.25) is 10.0 Å². The van der Waals surface area contributed by atoms with Gasteiger partial charge in [-0.15, -0.1) is 0 Å². The van der Waals surface area contributed by atoms with Crippen LogP contribution in [-0.4, -0.2) is 51.1 Å². The predicted molar refractivity (Wildman–Crippen MR) is 130 cm³/mol. The van der Waals surface area contributed by atoms with Crippen molar-refractivity contribution in [2.45, 2.75) is 11.4 Å². The molecular formula is C25H25N3O6S. The highest BCUT2D eigenvalue weighted by molar-refractivity contribution is 7.89. The molecule has 35 heavy (non-hydrogen) atoms. The van der Waals surface area contributed by atoms with E-state index in [1.807, 2.05) is 6.07 Å². The number of amides is 1. The fourth-order valence-corrected chi connectivity index (χ4v) is 4.39. The summed E-state index contributed by atoms with van der Waals surface area (Å²) in [7, 11) is -2.64. The van der Waals surface area contributed by atoms with Gasteiger partial charge in [0.1, 0.15) is 5.75 Å². The first-order valence-corrected chi connectivity index (χ1v) is 12.0. The number of nitrogens with zero attached hydrogens (tertiary/aromatic N) is 2. The van der Waals surface area contributed by atoms with Crippen LogP contribution in [0.1, 0.15) is 11.1 Å². The normalized spacial score (nSPS) is 11.4. The van der Waals surface area contributed by atoms with Crippen molar-refractivity contribution in [3.63, 3.8) is 0 Å². The van der Waals surface area contributed by atoms with Crippen molar-refractivity contribution in [3.05, 3.63) is 96.1 Å². The lowest BCUT2D eigenvalue weighted by Crippen LogP contribution is -2.39. The average molecular weight is 496 g/mol. The minimum Gasteiger partial charge on any atom is -0.482 e. The number of ether oxygens (including phenoxy) is 2. The molecule has 1 amide bonds. The van der Waals surface area contributed by atoms with Gasteiger partial charge in [-0.1, -0.05) is 48.5 Å². The van der Waals surface area contributed by atoms with Crippen molar-refractivity contribution in [3.8, 4) is 5.75 Å². The summed E-state index contributed by atoms with van der Waals surface area (Å²) in [5.74, 6) is -0.608. The first-order chi connectivity index (χ1) is 16.9. The van der Waals surface area contributed by atoms with Crippen molar-refractivity contribution in [2.75, 3.05) is 20.3 Å². The number of hydrogen-bond donors (Lipinski definition) is 1. The summed E-state index contributed by atoms with van der Waals surface area (Å²) < 4.78 is 37.2. The Hall–Kier alpha value is -4.02. The van der Waals surface area contributed by atoms with Crippen molar-refractivity contribution in [1.82, 2.24) is 9.73 Å². The molecule has 182 valence electrons. The summed E-state index contributed by atoms with van der Waals surface area (Å²) >= 11 is 0. The van der Waals surface area contributed by atoms with E-state index in [9.17, 15) is 18.0 Å². The molecule has 0 aliphatic carbocycles. The lowest BCUT2D eigenvalue weighted by atomic mass is 10.2. The molecule has 0 aliphatic heterocycles. The number of nitrogens with one attached hydrogen (secondary N) is 1. The van der Waals surface area contributed by atoms with Gasteiger partial charge in [0.05, 0.1) is 24.8 Å². The summed E-state index contributed by atoms with van der Waals surface area (Å²) in [4.78, 5) is 23.8. The standard InChI is InChI=1S/C25H25N3O6S/c1-33-25(30)19-34-22-14-12-20(13-15-22)16-26-27-24(29)18-28(17-21-8-4-2-5-9-21)35(31,32)23-10-6-3-7-11-23/h2-16H,17-19H2,1H3,(H,27,29)/b26-16+.